The van der Waals surface area contributed by atoms with Crippen LogP contribution in [0.1, 0.15) is 123 Å². The molecule has 0 radical (unpaired) electrons. The lowest BCUT2D eigenvalue weighted by Gasteiger charge is -2.35. The summed E-state index contributed by atoms with van der Waals surface area (Å²) in [5.74, 6) is 0.859. The van der Waals surface area contributed by atoms with Gasteiger partial charge in [0.1, 0.15) is 24.7 Å². The van der Waals surface area contributed by atoms with Gasteiger partial charge >= 0.3 is 0 Å². The average Bonchev–Trinajstić information content (AvgIpc) is 1.59. The molecule has 0 aliphatic carbocycles. The Balaban J connectivity index is 0.000000137. The highest BCUT2D eigenvalue weighted by Crippen LogP contribution is 2.54. The number of anilines is 11. The number of hydrogen-bond acceptors (Lipinski definition) is 11. The summed E-state index contributed by atoms with van der Waals surface area (Å²) >= 11 is 0. The molecule has 0 aromatic heterocycles. The van der Waals surface area contributed by atoms with Gasteiger partial charge in [-0.15, -0.1) is 0 Å². The second-order valence-electron chi connectivity index (χ2n) is 28.0. The van der Waals surface area contributed by atoms with Crippen molar-refractivity contribution in [3.63, 3.8) is 0 Å². The maximum Gasteiger partial charge on any atom is 0.108 e. The quantitative estimate of drug-likeness (QED) is 0.124. The normalized spacial score (nSPS) is 16.1. The molecule has 15 rings (SSSR count). The third-order valence-electron chi connectivity index (χ3n) is 20.5. The molecule has 4 atom stereocenters. The Morgan fingerprint density at radius 3 is 1.19 bits per heavy atom. The second-order valence-corrected chi connectivity index (χ2v) is 28.0. The van der Waals surface area contributed by atoms with Crippen LogP contribution in [0.4, 0.5) is 62.6 Å². The Hall–Kier alpha value is -12.2. The first-order chi connectivity index (χ1) is 50.3. The molecule has 0 amide bonds. The fourth-order valence-corrected chi connectivity index (χ4v) is 14.9. The van der Waals surface area contributed by atoms with Crippen LogP contribution in [0, 0.1) is 68.6 Å². The van der Waals surface area contributed by atoms with Crippen LogP contribution in [-0.2, 0) is 0 Å². The third kappa shape index (κ3) is 14.4. The Labute approximate surface area is 617 Å². The predicted molar refractivity (Wildman–Crippen MR) is 435 cm³/mol. The van der Waals surface area contributed by atoms with Gasteiger partial charge in [-0.3, -0.25) is 0 Å². The molecule has 0 spiro atoms. The van der Waals surface area contributed by atoms with Gasteiger partial charge in [-0.2, -0.15) is 15.8 Å². The molecule has 0 saturated heterocycles. The van der Waals surface area contributed by atoms with Crippen LogP contribution >= 0.6 is 0 Å². The van der Waals surface area contributed by atoms with Gasteiger partial charge in [0.15, 0.2) is 0 Å². The molecule has 11 aromatic rings. The summed E-state index contributed by atoms with van der Waals surface area (Å²) < 4.78 is 0. The highest BCUT2D eigenvalue weighted by atomic mass is 15.4. The number of aryl methyl sites for hydroxylation is 5. The minimum Gasteiger partial charge on any atom is -0.359 e. The number of nitrogens with zero attached hydrogens (tertiary/aromatic N) is 11. The van der Waals surface area contributed by atoms with E-state index >= 15 is 0 Å². The molecule has 104 heavy (non-hydrogen) atoms. The summed E-state index contributed by atoms with van der Waals surface area (Å²) in [6.07, 6.45) is 9.13. The van der Waals surface area contributed by atoms with Crippen molar-refractivity contribution in [1.29, 1.82) is 15.8 Å². The standard InChI is InChI=1S/C34H27N3.C28H31N3.C19H19N3.C12H16N2/c1-24-22-26(23-35)20-21-31(24)36-25(2)37(33-19-10-9-18-32(33)36)34-29(27-12-5-3-6-13-27)16-11-17-30(34)28-14-7-4-8-15-28;1-18(2)23-10-9-11-24(19(3)4)28(23)31-21(6)30(26-12-7-8-13-27(26)31)25-15-14-22(17-29)16-20(25)5;1-14-7-8-15(2)19(11-14)22-10-9-21(16(22)3)18-6-4-5-17(12-18)13-20;1-10-6-4-5-7-12(10)14-9-8-13(3)11(14)2/h3-22,25H,1-2H3;7-16,18-19,21H,1-6H3;4-12,16H,1-3H3;4-9,11H,1-3H3/t25-;21-;16-;11-/m0011/s1. The SMILES string of the molecule is Cc1cc(C#N)ccc1N1c2ccccc2N(c2c(-c3ccccc3)cccc2-c2ccccc2)[C@H]1C.Cc1cc(C#N)ccc1N1c2ccccc2N(c2c(C(C)C)cccc2C(C)C)[C@H]1C.Cc1ccc(C)c(N2C=CN(c3cccc(C#N)c3)[C@H]2C)c1.Cc1ccccc1N1C=CN(C)[C@H]1C. The largest absolute Gasteiger partial charge is 0.359 e. The lowest BCUT2D eigenvalue weighted by atomic mass is 9.91. The van der Waals surface area contributed by atoms with Crippen molar-refractivity contribution < 1.29 is 0 Å². The van der Waals surface area contributed by atoms with Gasteiger partial charge in [0.25, 0.3) is 0 Å². The van der Waals surface area contributed by atoms with Gasteiger partial charge in [-0.05, 0) is 215 Å². The molecule has 0 fully saturated rings. The molecule has 4 heterocycles. The Kier molecular flexibility index (Phi) is 21.6. The number of benzene rings is 11. The molecule has 4 aliphatic rings. The summed E-state index contributed by atoms with van der Waals surface area (Å²) in [6, 6.07) is 93.3. The Morgan fingerprint density at radius 2 is 0.721 bits per heavy atom. The van der Waals surface area contributed by atoms with Crippen LogP contribution in [0.25, 0.3) is 22.3 Å². The summed E-state index contributed by atoms with van der Waals surface area (Å²) in [6.45, 7) is 28.6. The van der Waals surface area contributed by atoms with E-state index in [4.69, 9.17) is 5.26 Å². The van der Waals surface area contributed by atoms with E-state index in [2.05, 4.69) is 379 Å². The van der Waals surface area contributed by atoms with Crippen LogP contribution in [0.5, 0.6) is 0 Å². The Bertz CT molecular complexity index is 5010. The summed E-state index contributed by atoms with van der Waals surface area (Å²) in [5, 5.41) is 27.8. The van der Waals surface area contributed by atoms with Crippen molar-refractivity contribution in [1.82, 2.24) is 4.90 Å². The predicted octanol–water partition coefficient (Wildman–Crippen LogP) is 23.5. The fraction of sp³-hybridized carbons (Fsp3) is 0.215. The van der Waals surface area contributed by atoms with E-state index < -0.39 is 0 Å². The molecule has 0 unspecified atom stereocenters. The number of rotatable bonds is 11. The molecular weight excluding hydrogens is 1270 g/mol. The van der Waals surface area contributed by atoms with Crippen molar-refractivity contribution in [2.75, 3.05) is 41.3 Å². The van der Waals surface area contributed by atoms with Crippen molar-refractivity contribution in [2.24, 2.45) is 0 Å². The number of fused-ring (bicyclic) bond motifs is 2. The first-order valence-electron chi connectivity index (χ1n) is 36.1. The highest BCUT2D eigenvalue weighted by Gasteiger charge is 2.40. The molecule has 0 saturated carbocycles. The Morgan fingerprint density at radius 1 is 0.308 bits per heavy atom. The van der Waals surface area contributed by atoms with Crippen LogP contribution < -0.4 is 34.3 Å². The number of para-hydroxylation sites is 7. The summed E-state index contributed by atoms with van der Waals surface area (Å²) in [5.41, 5.74) is 28.7. The van der Waals surface area contributed by atoms with E-state index in [0.717, 1.165) is 33.9 Å². The van der Waals surface area contributed by atoms with Crippen LogP contribution in [-0.4, -0.2) is 36.6 Å². The lowest BCUT2D eigenvalue weighted by Crippen LogP contribution is -2.36. The lowest BCUT2D eigenvalue weighted by molar-refractivity contribution is 0.383. The molecular formula is C93H93N11. The van der Waals surface area contributed by atoms with E-state index in [1.807, 2.05) is 48.5 Å². The minimum absolute atomic E-state index is 0.0105. The molecule has 11 aromatic carbocycles. The molecule has 520 valence electrons. The van der Waals surface area contributed by atoms with Gasteiger partial charge in [0.05, 0.1) is 69.0 Å². The molecule has 11 heteroatoms. The molecule has 4 aliphatic heterocycles. The number of nitriles is 3. The van der Waals surface area contributed by atoms with E-state index in [-0.39, 0.29) is 18.5 Å². The van der Waals surface area contributed by atoms with Gasteiger partial charge < -0.3 is 39.2 Å². The topological polar surface area (TPSA) is 97.3 Å². The first kappa shape index (κ1) is 71.6. The van der Waals surface area contributed by atoms with Gasteiger partial charge in [0, 0.05) is 71.4 Å². The first-order valence-corrected chi connectivity index (χ1v) is 36.1. The fourth-order valence-electron chi connectivity index (χ4n) is 14.9. The van der Waals surface area contributed by atoms with Crippen LogP contribution in [0.3, 0.4) is 0 Å². The maximum absolute atomic E-state index is 9.42. The molecule has 11 nitrogen and oxygen atoms in total. The van der Waals surface area contributed by atoms with E-state index in [1.165, 1.54) is 89.9 Å². The van der Waals surface area contributed by atoms with Crippen molar-refractivity contribution in [3.8, 4) is 40.5 Å². The molecule has 0 N–H and O–H groups in total. The summed E-state index contributed by atoms with van der Waals surface area (Å²) in [4.78, 5) is 18.7. The van der Waals surface area contributed by atoms with Gasteiger partial charge in [-0.25, -0.2) is 0 Å². The minimum atomic E-state index is 0.0105. The van der Waals surface area contributed by atoms with Crippen molar-refractivity contribution in [3.05, 3.63) is 329 Å². The zero-order valence-electron chi connectivity index (χ0n) is 62.4. The molecule has 0 bridgehead atoms. The maximum atomic E-state index is 9.42. The van der Waals surface area contributed by atoms with Gasteiger partial charge in [0.2, 0.25) is 0 Å². The van der Waals surface area contributed by atoms with Crippen molar-refractivity contribution >= 4 is 62.6 Å². The zero-order valence-corrected chi connectivity index (χ0v) is 62.4. The third-order valence-corrected chi connectivity index (χ3v) is 20.5. The second kappa shape index (κ2) is 31.3. The smallest absolute Gasteiger partial charge is 0.108 e. The van der Waals surface area contributed by atoms with Crippen LogP contribution in [0.15, 0.2) is 274 Å². The van der Waals surface area contributed by atoms with Crippen LogP contribution in [0.2, 0.25) is 0 Å². The highest BCUT2D eigenvalue weighted by molar-refractivity contribution is 5.99. The van der Waals surface area contributed by atoms with E-state index in [1.54, 1.807) is 0 Å². The van der Waals surface area contributed by atoms with Gasteiger partial charge in [-0.1, -0.05) is 185 Å². The number of hydrogen-bond donors (Lipinski definition) is 0. The zero-order chi connectivity index (χ0) is 73.5. The average molecular weight is 1360 g/mol. The monoisotopic (exact) mass is 1360 g/mol. The summed E-state index contributed by atoms with van der Waals surface area (Å²) in [7, 11) is 2.10. The van der Waals surface area contributed by atoms with E-state index in [0.29, 0.717) is 34.7 Å². The van der Waals surface area contributed by atoms with Crippen molar-refractivity contribution in [2.45, 2.75) is 127 Å². The van der Waals surface area contributed by atoms with E-state index in [9.17, 15) is 10.5 Å².